The summed E-state index contributed by atoms with van der Waals surface area (Å²) in [6.45, 7) is 6.44. The molecular formula is C14H19N2O. The van der Waals surface area contributed by atoms with Gasteiger partial charge in [-0.05, 0) is 18.4 Å². The first kappa shape index (κ1) is 12.1. The van der Waals surface area contributed by atoms with Gasteiger partial charge < -0.3 is 5.32 Å². The third kappa shape index (κ3) is 3.86. The van der Waals surface area contributed by atoms with Gasteiger partial charge in [-0.15, -0.1) is 0 Å². The molecule has 3 heteroatoms. The molecule has 0 saturated carbocycles. The number of benzene rings is 1. The minimum atomic E-state index is -0.161. The maximum absolute atomic E-state index is 10.8. The van der Waals surface area contributed by atoms with Gasteiger partial charge in [0.25, 0.3) is 0 Å². The molecule has 1 saturated heterocycles. The predicted octanol–water partition coefficient (Wildman–Crippen LogP) is 1.60. The molecule has 1 heterocycles. The van der Waals surface area contributed by atoms with Gasteiger partial charge in [0.1, 0.15) is 0 Å². The van der Waals surface area contributed by atoms with Crippen LogP contribution in [0.15, 0.2) is 30.3 Å². The van der Waals surface area contributed by atoms with E-state index in [1.165, 1.54) is 5.56 Å². The second-order valence-corrected chi connectivity index (χ2v) is 4.60. The molecule has 0 unspecified atom stereocenters. The van der Waals surface area contributed by atoms with E-state index in [0.717, 1.165) is 32.5 Å². The van der Waals surface area contributed by atoms with Crippen LogP contribution in [0.2, 0.25) is 0 Å². The van der Waals surface area contributed by atoms with E-state index < -0.39 is 0 Å². The molecule has 0 spiro atoms. The maximum Gasteiger partial charge on any atom is 0.220 e. The number of hydrogen-bond acceptors (Lipinski definition) is 2. The lowest BCUT2D eigenvalue weighted by Crippen LogP contribution is -2.43. The molecule has 0 aromatic heterocycles. The number of amides is 1. The normalized spacial score (nSPS) is 17.9. The Hall–Kier alpha value is -1.35. The maximum atomic E-state index is 10.8. The second kappa shape index (κ2) is 5.82. The molecule has 1 N–H and O–H groups in total. The fraction of sp³-hybridized carbons (Fsp3) is 0.429. The number of carbonyl (C=O) groups excluding carboxylic acids is 1. The van der Waals surface area contributed by atoms with E-state index in [1.807, 2.05) is 6.07 Å². The number of piperidine rings is 1. The zero-order chi connectivity index (χ0) is 12.1. The van der Waals surface area contributed by atoms with Gasteiger partial charge in [0.05, 0.1) is 0 Å². The summed E-state index contributed by atoms with van der Waals surface area (Å²) in [6.07, 6.45) is 2.04. The van der Waals surface area contributed by atoms with Gasteiger partial charge in [-0.3, -0.25) is 9.69 Å². The molecule has 17 heavy (non-hydrogen) atoms. The zero-order valence-electron chi connectivity index (χ0n) is 10.1. The molecule has 1 aliphatic heterocycles. The van der Waals surface area contributed by atoms with Crippen LogP contribution in [-0.2, 0) is 11.3 Å². The number of nitrogens with zero attached hydrogens (tertiary/aromatic N) is 1. The van der Waals surface area contributed by atoms with Crippen LogP contribution in [0, 0.1) is 6.92 Å². The van der Waals surface area contributed by atoms with Crippen molar-refractivity contribution in [1.82, 2.24) is 10.2 Å². The molecule has 1 aliphatic rings. The van der Waals surface area contributed by atoms with Crippen LogP contribution in [0.4, 0.5) is 0 Å². The summed E-state index contributed by atoms with van der Waals surface area (Å²) in [5.74, 6) is -0.161. The van der Waals surface area contributed by atoms with E-state index in [9.17, 15) is 4.79 Å². The van der Waals surface area contributed by atoms with Crippen molar-refractivity contribution < 1.29 is 4.79 Å². The number of carbonyl (C=O) groups is 1. The Morgan fingerprint density at radius 3 is 2.53 bits per heavy atom. The molecule has 0 bridgehead atoms. The van der Waals surface area contributed by atoms with E-state index in [4.69, 9.17) is 0 Å². The lowest BCUT2D eigenvalue weighted by atomic mass is 10.0. The van der Waals surface area contributed by atoms with E-state index in [-0.39, 0.29) is 5.91 Å². The highest BCUT2D eigenvalue weighted by Gasteiger charge is 2.19. The average Bonchev–Trinajstić information content (AvgIpc) is 2.32. The zero-order valence-corrected chi connectivity index (χ0v) is 10.1. The molecule has 2 rings (SSSR count). The molecule has 0 aliphatic carbocycles. The van der Waals surface area contributed by atoms with Crippen molar-refractivity contribution in [3.8, 4) is 0 Å². The third-order valence-electron chi connectivity index (χ3n) is 3.20. The molecule has 91 valence electrons. The Morgan fingerprint density at radius 1 is 1.29 bits per heavy atom. The minimum absolute atomic E-state index is 0.161. The van der Waals surface area contributed by atoms with Gasteiger partial charge in [0, 0.05) is 32.6 Å². The van der Waals surface area contributed by atoms with Crippen LogP contribution in [0.3, 0.4) is 0 Å². The lowest BCUT2D eigenvalue weighted by Gasteiger charge is -2.32. The standard InChI is InChI=1S/C14H19N2O/c1-12(17)15-14-7-9-16(10-8-14)11-13-5-3-2-4-6-13/h2-6,14H,1,7-11H2,(H,15,17). The van der Waals surface area contributed by atoms with E-state index in [2.05, 4.69) is 41.4 Å². The van der Waals surface area contributed by atoms with Gasteiger partial charge in [-0.2, -0.15) is 0 Å². The molecule has 1 aromatic carbocycles. The van der Waals surface area contributed by atoms with Crippen molar-refractivity contribution in [2.24, 2.45) is 0 Å². The van der Waals surface area contributed by atoms with Gasteiger partial charge in [-0.25, -0.2) is 0 Å². The van der Waals surface area contributed by atoms with Gasteiger partial charge >= 0.3 is 0 Å². The highest BCUT2D eigenvalue weighted by atomic mass is 16.1. The number of hydrogen-bond donors (Lipinski definition) is 1. The third-order valence-corrected chi connectivity index (χ3v) is 3.20. The average molecular weight is 231 g/mol. The van der Waals surface area contributed by atoms with Crippen LogP contribution in [0.25, 0.3) is 0 Å². The molecule has 3 nitrogen and oxygen atoms in total. The molecule has 1 aromatic rings. The van der Waals surface area contributed by atoms with Crippen molar-refractivity contribution in [3.63, 3.8) is 0 Å². The first-order chi connectivity index (χ1) is 8.24. The van der Waals surface area contributed by atoms with Crippen LogP contribution in [0.1, 0.15) is 18.4 Å². The van der Waals surface area contributed by atoms with E-state index in [1.54, 1.807) is 0 Å². The topological polar surface area (TPSA) is 32.3 Å². The van der Waals surface area contributed by atoms with E-state index in [0.29, 0.717) is 6.04 Å². The Balaban J connectivity index is 1.78. The second-order valence-electron chi connectivity index (χ2n) is 4.60. The minimum Gasteiger partial charge on any atom is -0.353 e. The number of likely N-dealkylation sites (tertiary alicyclic amines) is 1. The van der Waals surface area contributed by atoms with Gasteiger partial charge in [0.2, 0.25) is 5.91 Å². The molecule has 1 fully saturated rings. The smallest absolute Gasteiger partial charge is 0.220 e. The summed E-state index contributed by atoms with van der Waals surface area (Å²) in [6, 6.07) is 10.8. The number of nitrogens with one attached hydrogen (secondary N) is 1. The van der Waals surface area contributed by atoms with Crippen molar-refractivity contribution in [1.29, 1.82) is 0 Å². The highest BCUT2D eigenvalue weighted by Crippen LogP contribution is 2.13. The van der Waals surface area contributed by atoms with Gasteiger partial charge in [0.15, 0.2) is 0 Å². The van der Waals surface area contributed by atoms with Crippen molar-refractivity contribution in [2.75, 3.05) is 13.1 Å². The van der Waals surface area contributed by atoms with Crippen LogP contribution < -0.4 is 5.32 Å². The molecule has 1 amide bonds. The quantitative estimate of drug-likeness (QED) is 0.857. The summed E-state index contributed by atoms with van der Waals surface area (Å²) in [5, 5.41) is 2.89. The fourth-order valence-electron chi connectivity index (χ4n) is 2.30. The monoisotopic (exact) mass is 231 g/mol. The van der Waals surface area contributed by atoms with Crippen molar-refractivity contribution in [2.45, 2.75) is 25.4 Å². The SMILES string of the molecule is [CH2]C(=O)NC1CCN(Cc2ccccc2)CC1. The summed E-state index contributed by atoms with van der Waals surface area (Å²) in [4.78, 5) is 13.3. The molecule has 1 radical (unpaired) electrons. The highest BCUT2D eigenvalue weighted by molar-refractivity contribution is 5.80. The predicted molar refractivity (Wildman–Crippen MR) is 68.2 cm³/mol. The number of rotatable bonds is 3. The summed E-state index contributed by atoms with van der Waals surface area (Å²) in [7, 11) is 0. The lowest BCUT2D eigenvalue weighted by molar-refractivity contribution is -0.117. The summed E-state index contributed by atoms with van der Waals surface area (Å²) in [5.41, 5.74) is 1.35. The van der Waals surface area contributed by atoms with Crippen LogP contribution in [-0.4, -0.2) is 29.9 Å². The Kier molecular flexibility index (Phi) is 4.15. The van der Waals surface area contributed by atoms with Gasteiger partial charge in [-0.1, -0.05) is 30.3 Å². The Labute approximate surface area is 103 Å². The van der Waals surface area contributed by atoms with Crippen LogP contribution >= 0.6 is 0 Å². The van der Waals surface area contributed by atoms with Crippen LogP contribution in [0.5, 0.6) is 0 Å². The summed E-state index contributed by atoms with van der Waals surface area (Å²) >= 11 is 0. The fourth-order valence-corrected chi connectivity index (χ4v) is 2.30. The first-order valence-corrected chi connectivity index (χ1v) is 6.13. The molecular weight excluding hydrogens is 212 g/mol. The van der Waals surface area contributed by atoms with Crippen molar-refractivity contribution in [3.05, 3.63) is 42.8 Å². The van der Waals surface area contributed by atoms with E-state index >= 15 is 0 Å². The largest absolute Gasteiger partial charge is 0.353 e. The summed E-state index contributed by atoms with van der Waals surface area (Å²) < 4.78 is 0. The molecule has 0 atom stereocenters. The first-order valence-electron chi connectivity index (χ1n) is 6.13. The Bertz CT molecular complexity index is 356. The van der Waals surface area contributed by atoms with Crippen molar-refractivity contribution >= 4 is 5.91 Å². The Morgan fingerprint density at radius 2 is 1.94 bits per heavy atom.